The van der Waals surface area contributed by atoms with Crippen molar-refractivity contribution in [2.45, 2.75) is 32.4 Å². The average Bonchev–Trinajstić information content (AvgIpc) is 2.84. The summed E-state index contributed by atoms with van der Waals surface area (Å²) in [5, 5.41) is 3.09. The molecule has 1 aliphatic heterocycles. The van der Waals surface area contributed by atoms with Gasteiger partial charge in [-0.2, -0.15) is 0 Å². The van der Waals surface area contributed by atoms with Crippen molar-refractivity contribution in [1.29, 1.82) is 0 Å². The highest BCUT2D eigenvalue weighted by Crippen LogP contribution is 2.31. The van der Waals surface area contributed by atoms with Crippen LogP contribution in [-0.4, -0.2) is 18.5 Å². The molecule has 2 aromatic rings. The number of rotatable bonds is 4. The second-order valence-electron chi connectivity index (χ2n) is 6.01. The second-order valence-corrected chi connectivity index (χ2v) is 6.01. The normalized spacial score (nSPS) is 17.9. The Morgan fingerprint density at radius 2 is 1.86 bits per heavy atom. The molecule has 22 heavy (non-hydrogen) atoms. The van der Waals surface area contributed by atoms with E-state index >= 15 is 0 Å². The quantitative estimate of drug-likeness (QED) is 0.938. The van der Waals surface area contributed by atoms with E-state index in [0.717, 1.165) is 12.0 Å². The molecule has 3 nitrogen and oxygen atoms in total. The van der Waals surface area contributed by atoms with Gasteiger partial charge in [0.2, 0.25) is 5.91 Å². The van der Waals surface area contributed by atoms with E-state index in [1.807, 2.05) is 43.3 Å². The molecule has 0 spiro atoms. The smallest absolute Gasteiger partial charge is 0.240 e. The summed E-state index contributed by atoms with van der Waals surface area (Å²) in [5.41, 5.74) is 3.65. The molecule has 1 N–H and O–H groups in total. The topological polar surface area (TPSA) is 32.3 Å². The van der Waals surface area contributed by atoms with Crippen LogP contribution in [0.5, 0.6) is 0 Å². The summed E-state index contributed by atoms with van der Waals surface area (Å²) >= 11 is 0. The van der Waals surface area contributed by atoms with Gasteiger partial charge in [0.05, 0.1) is 12.6 Å². The van der Waals surface area contributed by atoms with E-state index in [2.05, 4.69) is 35.3 Å². The summed E-state index contributed by atoms with van der Waals surface area (Å²) in [5.74, 6) is 0.0694. The zero-order valence-electron chi connectivity index (χ0n) is 13.1. The fraction of sp³-hybridized carbons (Fsp3) is 0.316. The van der Waals surface area contributed by atoms with Crippen LogP contribution in [0.15, 0.2) is 54.6 Å². The summed E-state index contributed by atoms with van der Waals surface area (Å²) in [6, 6.07) is 18.8. The highest BCUT2D eigenvalue weighted by Gasteiger charge is 2.27. The fourth-order valence-corrected chi connectivity index (χ4v) is 3.14. The van der Waals surface area contributed by atoms with Crippen LogP contribution in [0.4, 0.5) is 5.69 Å². The van der Waals surface area contributed by atoms with Crippen molar-refractivity contribution in [3.63, 3.8) is 0 Å². The van der Waals surface area contributed by atoms with Gasteiger partial charge in [-0.15, -0.1) is 0 Å². The van der Waals surface area contributed by atoms with Crippen molar-refractivity contribution in [3.05, 3.63) is 65.7 Å². The molecule has 114 valence electrons. The van der Waals surface area contributed by atoms with E-state index in [1.54, 1.807) is 0 Å². The maximum atomic E-state index is 12.4. The van der Waals surface area contributed by atoms with Gasteiger partial charge in [0.1, 0.15) is 0 Å². The van der Waals surface area contributed by atoms with Crippen molar-refractivity contribution in [1.82, 2.24) is 5.32 Å². The number of nitrogens with zero attached hydrogens (tertiary/aromatic N) is 1. The number of amides is 1. The molecule has 0 saturated heterocycles. The Morgan fingerprint density at radius 3 is 2.64 bits per heavy atom. The minimum absolute atomic E-state index is 0.0295. The number of hydrogen-bond donors (Lipinski definition) is 1. The monoisotopic (exact) mass is 294 g/mol. The van der Waals surface area contributed by atoms with Gasteiger partial charge in [-0.05, 0) is 37.5 Å². The van der Waals surface area contributed by atoms with Gasteiger partial charge in [0, 0.05) is 11.7 Å². The maximum Gasteiger partial charge on any atom is 0.240 e. The molecule has 1 heterocycles. The Labute approximate surface area is 132 Å². The summed E-state index contributed by atoms with van der Waals surface area (Å²) in [6.07, 6.45) is 1.01. The number of benzene rings is 2. The minimum atomic E-state index is 0.0295. The first-order chi connectivity index (χ1) is 10.6. The third-order valence-electron chi connectivity index (χ3n) is 4.34. The number of carbonyl (C=O) groups excluding carboxylic acids is 1. The molecular weight excluding hydrogens is 272 g/mol. The lowest BCUT2D eigenvalue weighted by atomic mass is 10.1. The lowest BCUT2D eigenvalue weighted by Crippen LogP contribution is -2.40. The Morgan fingerprint density at radius 1 is 1.18 bits per heavy atom. The van der Waals surface area contributed by atoms with Gasteiger partial charge in [-0.3, -0.25) is 4.79 Å². The molecular formula is C19H22N2O. The number of nitrogens with one attached hydrogen (secondary N) is 1. The SMILES string of the molecule is C[C@H](NC(=O)CN1c2ccccc2C[C@H]1C)c1ccccc1. The predicted molar refractivity (Wildman–Crippen MR) is 90.0 cm³/mol. The third-order valence-corrected chi connectivity index (χ3v) is 4.34. The molecule has 0 saturated carbocycles. The lowest BCUT2D eigenvalue weighted by molar-refractivity contribution is -0.120. The molecule has 0 unspecified atom stereocenters. The van der Waals surface area contributed by atoms with Gasteiger partial charge in [-0.1, -0.05) is 48.5 Å². The summed E-state index contributed by atoms with van der Waals surface area (Å²) in [4.78, 5) is 14.6. The number of anilines is 1. The van der Waals surface area contributed by atoms with Gasteiger partial charge >= 0.3 is 0 Å². The van der Waals surface area contributed by atoms with Gasteiger partial charge < -0.3 is 10.2 Å². The van der Waals surface area contributed by atoms with Crippen LogP contribution in [0.2, 0.25) is 0 Å². The minimum Gasteiger partial charge on any atom is -0.359 e. The van der Waals surface area contributed by atoms with E-state index in [1.165, 1.54) is 11.3 Å². The number of para-hydroxylation sites is 1. The van der Waals surface area contributed by atoms with Crippen molar-refractivity contribution in [2.24, 2.45) is 0 Å². The van der Waals surface area contributed by atoms with Crippen LogP contribution >= 0.6 is 0 Å². The average molecular weight is 294 g/mol. The Bertz CT molecular complexity index is 653. The summed E-state index contributed by atoms with van der Waals surface area (Å²) < 4.78 is 0. The van der Waals surface area contributed by atoms with Gasteiger partial charge in [0.15, 0.2) is 0 Å². The summed E-state index contributed by atoms with van der Waals surface area (Å²) in [6.45, 7) is 4.61. The molecule has 0 aliphatic carbocycles. The molecule has 0 fully saturated rings. The van der Waals surface area contributed by atoms with E-state index in [0.29, 0.717) is 12.6 Å². The van der Waals surface area contributed by atoms with E-state index in [-0.39, 0.29) is 11.9 Å². The molecule has 1 aliphatic rings. The molecule has 3 rings (SSSR count). The van der Waals surface area contributed by atoms with E-state index in [9.17, 15) is 4.79 Å². The van der Waals surface area contributed by atoms with Crippen LogP contribution in [0, 0.1) is 0 Å². The molecule has 3 heteroatoms. The first kappa shape index (κ1) is 14.6. The lowest BCUT2D eigenvalue weighted by Gasteiger charge is -2.25. The van der Waals surface area contributed by atoms with Gasteiger partial charge in [0.25, 0.3) is 0 Å². The highest BCUT2D eigenvalue weighted by atomic mass is 16.2. The molecule has 2 atom stereocenters. The Kier molecular flexibility index (Phi) is 4.14. The van der Waals surface area contributed by atoms with Crippen LogP contribution in [-0.2, 0) is 11.2 Å². The number of carbonyl (C=O) groups is 1. The van der Waals surface area contributed by atoms with E-state index in [4.69, 9.17) is 0 Å². The number of hydrogen-bond acceptors (Lipinski definition) is 2. The van der Waals surface area contributed by atoms with Crippen molar-refractivity contribution in [2.75, 3.05) is 11.4 Å². The zero-order chi connectivity index (χ0) is 15.5. The highest BCUT2D eigenvalue weighted by molar-refractivity contribution is 5.83. The van der Waals surface area contributed by atoms with Crippen molar-refractivity contribution in [3.8, 4) is 0 Å². The zero-order valence-corrected chi connectivity index (χ0v) is 13.1. The number of fused-ring (bicyclic) bond motifs is 1. The Hall–Kier alpha value is -2.29. The second kappa shape index (κ2) is 6.22. The Balaban J connectivity index is 1.65. The molecule has 1 amide bonds. The van der Waals surface area contributed by atoms with Gasteiger partial charge in [-0.25, -0.2) is 0 Å². The molecule has 0 bridgehead atoms. The van der Waals surface area contributed by atoms with E-state index < -0.39 is 0 Å². The fourth-order valence-electron chi connectivity index (χ4n) is 3.14. The first-order valence-electron chi connectivity index (χ1n) is 7.84. The van der Waals surface area contributed by atoms with Crippen LogP contribution in [0.3, 0.4) is 0 Å². The standard InChI is InChI=1S/C19H22N2O/c1-14-12-17-10-6-7-11-18(17)21(14)13-19(22)20-15(2)16-8-4-3-5-9-16/h3-11,14-15H,12-13H2,1-2H3,(H,20,22)/t14-,15+/m1/s1. The summed E-state index contributed by atoms with van der Waals surface area (Å²) in [7, 11) is 0. The largest absolute Gasteiger partial charge is 0.359 e. The van der Waals surface area contributed by atoms with Crippen LogP contribution in [0.1, 0.15) is 31.0 Å². The first-order valence-corrected chi connectivity index (χ1v) is 7.84. The third kappa shape index (κ3) is 2.98. The van der Waals surface area contributed by atoms with Crippen LogP contribution < -0.4 is 10.2 Å². The maximum absolute atomic E-state index is 12.4. The van der Waals surface area contributed by atoms with Crippen molar-refractivity contribution < 1.29 is 4.79 Å². The molecule has 0 aromatic heterocycles. The van der Waals surface area contributed by atoms with Crippen molar-refractivity contribution >= 4 is 11.6 Å². The van der Waals surface area contributed by atoms with Crippen LogP contribution in [0.25, 0.3) is 0 Å². The predicted octanol–water partition coefficient (Wildman–Crippen LogP) is 3.32. The molecule has 2 aromatic carbocycles. The molecule has 0 radical (unpaired) electrons.